The zero-order valence-electron chi connectivity index (χ0n) is 23.4. The van der Waals surface area contributed by atoms with Crippen molar-refractivity contribution in [3.8, 4) is 11.5 Å². The lowest BCUT2D eigenvalue weighted by atomic mass is 9.64. The summed E-state index contributed by atoms with van der Waals surface area (Å²) in [6.45, 7) is 0. The van der Waals surface area contributed by atoms with Gasteiger partial charge in [0, 0.05) is 11.4 Å². The van der Waals surface area contributed by atoms with E-state index in [1.165, 1.54) is 32.4 Å². The van der Waals surface area contributed by atoms with Crippen molar-refractivity contribution < 1.29 is 28.2 Å². The van der Waals surface area contributed by atoms with Crippen LogP contribution in [-0.4, -0.2) is 43.8 Å². The van der Waals surface area contributed by atoms with Gasteiger partial charge in [-0.25, -0.2) is 4.39 Å². The minimum atomic E-state index is -1.53. The van der Waals surface area contributed by atoms with Gasteiger partial charge in [0.05, 0.1) is 37.3 Å². The molecule has 1 spiro atoms. The number of carbonyl (C=O) groups is 3. The maximum absolute atomic E-state index is 15.3. The van der Waals surface area contributed by atoms with E-state index in [1.54, 1.807) is 36.4 Å². The summed E-state index contributed by atoms with van der Waals surface area (Å²) in [5.41, 5.74) is 1.13. The Labute approximate surface area is 247 Å². The fourth-order valence-corrected chi connectivity index (χ4v) is 7.11. The Hall–Kier alpha value is -5.24. The van der Waals surface area contributed by atoms with Gasteiger partial charge in [0.2, 0.25) is 5.91 Å². The number of Topliss-reactive ketones (excluding diaryl/α,β-unsaturated/α-hetero) is 2. The molecule has 0 unspecified atom stereocenters. The Balaban J connectivity index is 1.56. The fraction of sp³-hybridized carbons (Fsp3) is 0.171. The van der Waals surface area contributed by atoms with Gasteiger partial charge in [0.1, 0.15) is 28.8 Å². The van der Waals surface area contributed by atoms with Crippen LogP contribution in [0.3, 0.4) is 0 Å². The molecular weight excluding hydrogens is 547 g/mol. The largest absolute Gasteiger partial charge is 0.497 e. The van der Waals surface area contributed by atoms with Crippen molar-refractivity contribution in [3.63, 3.8) is 0 Å². The summed E-state index contributed by atoms with van der Waals surface area (Å²) in [7, 11) is 2.94. The van der Waals surface area contributed by atoms with Gasteiger partial charge in [-0.2, -0.15) is 0 Å². The van der Waals surface area contributed by atoms with Crippen LogP contribution in [-0.2, 0) is 10.2 Å². The van der Waals surface area contributed by atoms with Crippen molar-refractivity contribution in [2.45, 2.75) is 17.5 Å². The number of ketones is 2. The van der Waals surface area contributed by atoms with E-state index in [2.05, 4.69) is 5.32 Å². The SMILES string of the molecule is COc1ccc(OC)c(C(=O)[C@@H]2[C@@H](C(=O)c3ccccc3F)N3c4ccccc4C=C[C@@H]3[C@@]23C(=O)Nc2ccccc23)c1. The summed E-state index contributed by atoms with van der Waals surface area (Å²) in [4.78, 5) is 46.0. The number of halogens is 1. The third-order valence-electron chi connectivity index (χ3n) is 8.90. The summed E-state index contributed by atoms with van der Waals surface area (Å²) in [6, 6.07) is 23.3. The van der Waals surface area contributed by atoms with Gasteiger partial charge in [-0.05, 0) is 53.6 Å². The summed E-state index contributed by atoms with van der Waals surface area (Å²) in [6.07, 6.45) is 3.79. The number of anilines is 2. The number of carbonyl (C=O) groups excluding carboxylic acids is 3. The molecule has 4 aromatic rings. The molecule has 0 radical (unpaired) electrons. The van der Waals surface area contributed by atoms with Crippen LogP contribution in [0.5, 0.6) is 11.5 Å². The normalized spacial score (nSPS) is 22.9. The number of methoxy groups -OCH3 is 2. The van der Waals surface area contributed by atoms with Crippen LogP contribution in [0, 0.1) is 11.7 Å². The van der Waals surface area contributed by atoms with Gasteiger partial charge < -0.3 is 19.7 Å². The Morgan fingerprint density at radius 2 is 1.60 bits per heavy atom. The molecular formula is C35H27FN2O5. The molecule has 0 bridgehead atoms. The van der Waals surface area contributed by atoms with Gasteiger partial charge in [0.25, 0.3) is 0 Å². The van der Waals surface area contributed by atoms with E-state index < -0.39 is 46.7 Å². The number of benzene rings is 4. The van der Waals surface area contributed by atoms with Gasteiger partial charge in [0.15, 0.2) is 11.6 Å². The molecule has 8 heteroatoms. The Kier molecular flexibility index (Phi) is 6.16. The molecule has 0 aromatic heterocycles. The van der Waals surface area contributed by atoms with E-state index in [0.29, 0.717) is 22.7 Å². The Morgan fingerprint density at radius 1 is 0.860 bits per heavy atom. The fourth-order valence-electron chi connectivity index (χ4n) is 7.11. The molecule has 1 saturated heterocycles. The first-order valence-electron chi connectivity index (χ1n) is 13.9. The summed E-state index contributed by atoms with van der Waals surface area (Å²) < 4.78 is 26.3. The average Bonchev–Trinajstić information content (AvgIpc) is 3.52. The van der Waals surface area contributed by atoms with Gasteiger partial charge in [-0.15, -0.1) is 0 Å². The second kappa shape index (κ2) is 9.94. The molecule has 3 aliphatic heterocycles. The molecule has 4 atom stereocenters. The molecule has 1 amide bonds. The van der Waals surface area contributed by atoms with Crippen LogP contribution >= 0.6 is 0 Å². The minimum absolute atomic E-state index is 0.155. The van der Waals surface area contributed by atoms with Gasteiger partial charge in [-0.3, -0.25) is 14.4 Å². The number of hydrogen-bond acceptors (Lipinski definition) is 6. The summed E-state index contributed by atoms with van der Waals surface area (Å²) in [5.74, 6) is -2.79. The minimum Gasteiger partial charge on any atom is -0.497 e. The van der Waals surface area contributed by atoms with Crippen LogP contribution < -0.4 is 19.7 Å². The lowest BCUT2D eigenvalue weighted by Gasteiger charge is -2.37. The molecule has 43 heavy (non-hydrogen) atoms. The van der Waals surface area contributed by atoms with Crippen molar-refractivity contribution in [1.29, 1.82) is 0 Å². The molecule has 1 N–H and O–H groups in total. The zero-order chi connectivity index (χ0) is 29.9. The highest BCUT2D eigenvalue weighted by molar-refractivity contribution is 6.19. The number of nitrogens with zero attached hydrogens (tertiary/aromatic N) is 1. The van der Waals surface area contributed by atoms with Crippen LogP contribution in [0.25, 0.3) is 6.08 Å². The number of rotatable bonds is 6. The monoisotopic (exact) mass is 574 g/mol. The first-order valence-corrected chi connectivity index (χ1v) is 13.9. The molecule has 3 aliphatic rings. The number of ether oxygens (including phenoxy) is 2. The molecule has 4 aromatic carbocycles. The maximum Gasteiger partial charge on any atom is 0.238 e. The average molecular weight is 575 g/mol. The Bertz CT molecular complexity index is 1850. The molecule has 0 saturated carbocycles. The molecule has 3 heterocycles. The maximum atomic E-state index is 15.3. The van der Waals surface area contributed by atoms with Crippen molar-refractivity contribution >= 4 is 34.9 Å². The van der Waals surface area contributed by atoms with E-state index in [4.69, 9.17) is 9.47 Å². The predicted octanol–water partition coefficient (Wildman–Crippen LogP) is 5.70. The summed E-state index contributed by atoms with van der Waals surface area (Å²) >= 11 is 0. The van der Waals surface area contributed by atoms with Crippen molar-refractivity contribution in [3.05, 3.63) is 125 Å². The van der Waals surface area contributed by atoms with E-state index in [1.807, 2.05) is 53.5 Å². The third-order valence-corrected chi connectivity index (χ3v) is 8.90. The lowest BCUT2D eigenvalue weighted by molar-refractivity contribution is -0.121. The predicted molar refractivity (Wildman–Crippen MR) is 160 cm³/mol. The highest BCUT2D eigenvalue weighted by Gasteiger charge is 2.70. The van der Waals surface area contributed by atoms with Gasteiger partial charge in [-0.1, -0.05) is 60.7 Å². The van der Waals surface area contributed by atoms with E-state index in [0.717, 1.165) is 5.56 Å². The topological polar surface area (TPSA) is 84.9 Å². The van der Waals surface area contributed by atoms with Crippen LogP contribution in [0.4, 0.5) is 15.8 Å². The Morgan fingerprint density at radius 3 is 2.40 bits per heavy atom. The zero-order valence-corrected chi connectivity index (χ0v) is 23.4. The highest BCUT2D eigenvalue weighted by atomic mass is 19.1. The van der Waals surface area contributed by atoms with Crippen molar-refractivity contribution in [2.24, 2.45) is 5.92 Å². The standard InChI is InChI=1S/C35H27FN2O5/c1-42-21-16-17-28(43-2)23(19-21)32(39)30-31(33(40)22-10-4-6-12-25(22)36)38-27-14-8-3-9-20(27)15-18-29(38)35(30)24-11-5-7-13-26(24)37-34(35)41/h3-19,29-31H,1-2H3,(H,37,41)/t29-,30+,31+,35-/m1/s1. The van der Waals surface area contributed by atoms with Crippen LogP contribution in [0.2, 0.25) is 0 Å². The van der Waals surface area contributed by atoms with E-state index in [-0.39, 0.29) is 16.9 Å². The molecule has 0 aliphatic carbocycles. The second-order valence-corrected chi connectivity index (χ2v) is 10.8. The third kappa shape index (κ3) is 3.69. The van der Waals surface area contributed by atoms with Crippen LogP contribution in [0.1, 0.15) is 31.8 Å². The number of para-hydroxylation sites is 2. The van der Waals surface area contributed by atoms with Crippen molar-refractivity contribution in [1.82, 2.24) is 0 Å². The first kappa shape index (κ1) is 26.6. The number of fused-ring (bicyclic) bond motifs is 6. The smallest absolute Gasteiger partial charge is 0.238 e. The number of hydrogen-bond donors (Lipinski definition) is 1. The van der Waals surface area contributed by atoms with Gasteiger partial charge >= 0.3 is 0 Å². The first-order chi connectivity index (χ1) is 20.9. The van der Waals surface area contributed by atoms with E-state index in [9.17, 15) is 9.59 Å². The molecule has 7 nitrogen and oxygen atoms in total. The quantitative estimate of drug-likeness (QED) is 0.298. The summed E-state index contributed by atoms with van der Waals surface area (Å²) in [5, 5.41) is 2.99. The molecule has 214 valence electrons. The van der Waals surface area contributed by atoms with Crippen LogP contribution in [0.15, 0.2) is 97.1 Å². The highest BCUT2D eigenvalue weighted by Crippen LogP contribution is 2.58. The number of amides is 1. The molecule has 1 fully saturated rings. The van der Waals surface area contributed by atoms with E-state index >= 15 is 9.18 Å². The number of nitrogens with one attached hydrogen (secondary N) is 1. The second-order valence-electron chi connectivity index (χ2n) is 10.8. The lowest BCUT2D eigenvalue weighted by Crippen LogP contribution is -2.51. The molecule has 7 rings (SSSR count). The van der Waals surface area contributed by atoms with Crippen molar-refractivity contribution in [2.75, 3.05) is 24.4 Å².